The smallest absolute Gasteiger partial charge is 0.462 e. The predicted octanol–water partition coefficient (Wildman–Crippen LogP) is 1.92. The second kappa shape index (κ2) is 10.7. The third-order valence-corrected chi connectivity index (χ3v) is 5.50. The first-order chi connectivity index (χ1) is 13.3. The maximum atomic E-state index is 11.0. The second-order valence-electron chi connectivity index (χ2n) is 5.80. The predicted molar refractivity (Wildman–Crippen MR) is 104 cm³/mol. The first-order valence-electron chi connectivity index (χ1n) is 8.44. The number of aryl methyl sites for hydroxylation is 1. The first-order valence-corrected chi connectivity index (χ1v) is 10.5. The fraction of sp³-hybridized carbons (Fsp3) is 0.444. The van der Waals surface area contributed by atoms with E-state index in [9.17, 15) is 18.0 Å². The van der Waals surface area contributed by atoms with Gasteiger partial charge in [0.1, 0.15) is 11.9 Å². The van der Waals surface area contributed by atoms with Crippen molar-refractivity contribution in [2.75, 3.05) is 31.7 Å². The monoisotopic (exact) mass is 432 g/mol. The molecule has 0 bridgehead atoms. The Morgan fingerprint density at radius 1 is 1.36 bits per heavy atom. The zero-order valence-corrected chi connectivity index (χ0v) is 17.1. The van der Waals surface area contributed by atoms with E-state index in [4.69, 9.17) is 0 Å². The molecule has 0 aliphatic carbocycles. The highest BCUT2D eigenvalue weighted by Gasteiger charge is 2.40. The summed E-state index contributed by atoms with van der Waals surface area (Å²) in [7, 11) is 0.676. The molecule has 1 aromatic heterocycles. The number of hydrogen-bond donors (Lipinski definition) is 1. The molecule has 0 saturated carbocycles. The summed E-state index contributed by atoms with van der Waals surface area (Å²) in [5.74, 6) is 6.64. The molecule has 3 heterocycles. The number of allylic oxidation sites excluding steroid dienone is 2. The molecule has 2 aliphatic rings. The van der Waals surface area contributed by atoms with Crippen LogP contribution >= 0.6 is 23.1 Å². The molecule has 1 fully saturated rings. The van der Waals surface area contributed by atoms with Crippen LogP contribution < -0.4 is 5.32 Å². The number of thiazole rings is 1. The van der Waals surface area contributed by atoms with Crippen molar-refractivity contribution in [2.24, 2.45) is 0 Å². The van der Waals surface area contributed by atoms with Crippen LogP contribution in [0.25, 0.3) is 0 Å². The lowest BCUT2D eigenvalue weighted by Crippen LogP contribution is -2.89. The van der Waals surface area contributed by atoms with E-state index in [1.54, 1.807) is 11.3 Å². The van der Waals surface area contributed by atoms with Crippen molar-refractivity contribution in [1.82, 2.24) is 9.88 Å². The first kappa shape index (κ1) is 22.5. The number of carbonyl (C=O) groups is 1. The maximum absolute atomic E-state index is 11.0. The number of carbonyl (C=O) groups excluding carboxylic acids is 1. The van der Waals surface area contributed by atoms with E-state index in [2.05, 4.69) is 50.1 Å². The number of thioether (sulfide) groups is 1. The summed E-state index contributed by atoms with van der Waals surface area (Å²) in [4.78, 5) is 16.4. The Morgan fingerprint density at radius 2 is 2.07 bits per heavy atom. The molecule has 5 nitrogen and oxygen atoms in total. The van der Waals surface area contributed by atoms with Gasteiger partial charge in [0.25, 0.3) is 0 Å². The quantitative estimate of drug-likeness (QED) is 0.543. The fourth-order valence-electron chi connectivity index (χ4n) is 2.40. The van der Waals surface area contributed by atoms with Crippen LogP contribution in [0.2, 0.25) is 0 Å². The van der Waals surface area contributed by atoms with E-state index >= 15 is 0 Å². The van der Waals surface area contributed by atoms with Gasteiger partial charge in [-0.1, -0.05) is 5.92 Å². The normalized spacial score (nSPS) is 19.6. The van der Waals surface area contributed by atoms with Gasteiger partial charge < -0.3 is 10.1 Å². The minimum atomic E-state index is -4.85. The van der Waals surface area contributed by atoms with Gasteiger partial charge in [-0.05, 0) is 25.0 Å². The van der Waals surface area contributed by atoms with Gasteiger partial charge in [0.05, 0.1) is 17.7 Å². The van der Waals surface area contributed by atoms with Crippen LogP contribution in [0.1, 0.15) is 10.7 Å². The van der Waals surface area contributed by atoms with Crippen LogP contribution in [0.4, 0.5) is 13.2 Å². The molecule has 1 unspecified atom stereocenters. The SMILES string of the molecule is COC(=O)C(F)(F)F.Cc1nc(C#CC2=C[NH2+]C(N3CCSCC3)C=C2)cs1. The molecular weight excluding hydrogens is 411 g/mol. The summed E-state index contributed by atoms with van der Waals surface area (Å²) in [6.45, 7) is 4.37. The van der Waals surface area contributed by atoms with E-state index in [0.29, 0.717) is 13.3 Å². The zero-order valence-electron chi connectivity index (χ0n) is 15.5. The lowest BCUT2D eigenvalue weighted by molar-refractivity contribution is -0.638. The Bertz CT molecular complexity index is 788. The Labute approximate surface area is 170 Å². The summed E-state index contributed by atoms with van der Waals surface area (Å²) >= 11 is 3.69. The summed E-state index contributed by atoms with van der Waals surface area (Å²) in [5, 5.41) is 5.33. The van der Waals surface area contributed by atoms with Crippen molar-refractivity contribution in [1.29, 1.82) is 0 Å². The summed E-state index contributed by atoms with van der Waals surface area (Å²) in [5.41, 5.74) is 1.94. The third kappa shape index (κ3) is 7.31. The highest BCUT2D eigenvalue weighted by molar-refractivity contribution is 7.99. The summed E-state index contributed by atoms with van der Waals surface area (Å²) in [6, 6.07) is 0. The minimum absolute atomic E-state index is 0.447. The van der Waals surface area contributed by atoms with Crippen LogP contribution in [0.5, 0.6) is 0 Å². The second-order valence-corrected chi connectivity index (χ2v) is 8.09. The number of halogens is 3. The van der Waals surface area contributed by atoms with Gasteiger partial charge in [0, 0.05) is 30.0 Å². The number of esters is 1. The molecule has 2 aliphatic heterocycles. The zero-order chi connectivity index (χ0) is 20.6. The lowest BCUT2D eigenvalue weighted by atomic mass is 10.2. The number of aromatic nitrogens is 1. The van der Waals surface area contributed by atoms with Gasteiger partial charge in [-0.25, -0.2) is 14.7 Å². The average molecular weight is 433 g/mol. The van der Waals surface area contributed by atoms with Crippen LogP contribution in [0, 0.1) is 18.8 Å². The Kier molecular flexibility index (Phi) is 8.57. The molecule has 1 atom stereocenters. The molecule has 3 rings (SSSR count). The molecular formula is C18H21F3N3O2S2+. The van der Waals surface area contributed by atoms with Gasteiger partial charge in [0.2, 0.25) is 0 Å². The molecule has 0 aromatic carbocycles. The Hall–Kier alpha value is -1.80. The van der Waals surface area contributed by atoms with Gasteiger partial charge in [-0.2, -0.15) is 24.9 Å². The van der Waals surface area contributed by atoms with Crippen LogP contribution in [0.15, 0.2) is 29.3 Å². The van der Waals surface area contributed by atoms with Crippen LogP contribution in [0.3, 0.4) is 0 Å². The van der Waals surface area contributed by atoms with Gasteiger partial charge >= 0.3 is 12.1 Å². The van der Waals surface area contributed by atoms with E-state index in [0.717, 1.165) is 16.3 Å². The van der Waals surface area contributed by atoms with Crippen molar-refractivity contribution >= 4 is 29.1 Å². The summed E-state index contributed by atoms with van der Waals surface area (Å²) in [6.07, 6.45) is 2.13. The van der Waals surface area contributed by atoms with Gasteiger partial charge in [-0.3, -0.25) is 0 Å². The summed E-state index contributed by atoms with van der Waals surface area (Å²) < 4.78 is 36.3. The van der Waals surface area contributed by atoms with Gasteiger partial charge in [-0.15, -0.1) is 11.3 Å². The lowest BCUT2D eigenvalue weighted by Gasteiger charge is -2.30. The highest BCUT2D eigenvalue weighted by atomic mass is 32.2. The topological polar surface area (TPSA) is 59.0 Å². The van der Waals surface area contributed by atoms with Crippen molar-refractivity contribution in [3.8, 4) is 11.8 Å². The molecule has 28 heavy (non-hydrogen) atoms. The largest absolute Gasteiger partial charge is 0.490 e. The molecule has 1 saturated heterocycles. The molecule has 152 valence electrons. The Balaban J connectivity index is 0.000000300. The van der Waals surface area contributed by atoms with E-state index < -0.39 is 12.1 Å². The van der Waals surface area contributed by atoms with Gasteiger partial charge in [0.15, 0.2) is 6.17 Å². The number of rotatable bonds is 1. The van der Waals surface area contributed by atoms with Crippen molar-refractivity contribution in [3.63, 3.8) is 0 Å². The number of quaternary nitrogens is 1. The maximum Gasteiger partial charge on any atom is 0.490 e. The molecule has 0 amide bonds. The molecule has 1 aromatic rings. The number of ether oxygens (including phenoxy) is 1. The van der Waals surface area contributed by atoms with Crippen LogP contribution in [-0.4, -0.2) is 59.9 Å². The number of methoxy groups -OCH3 is 1. The molecule has 0 spiro atoms. The minimum Gasteiger partial charge on any atom is -0.462 e. The van der Waals surface area contributed by atoms with Crippen LogP contribution in [-0.2, 0) is 9.53 Å². The average Bonchev–Trinajstić information content (AvgIpc) is 3.12. The number of alkyl halides is 3. The molecule has 2 N–H and O–H groups in total. The standard InChI is InChI=1S/C15H17N3S2.C3H3F3O2/c1-12-17-14(11-20-12)4-2-13-3-5-15(16-10-13)18-6-8-19-9-7-18;1-8-2(7)3(4,5)6/h3,5,10-11,15-16H,6-9H2,1H3;1H3/p+1. The van der Waals surface area contributed by atoms with Crippen molar-refractivity contribution in [3.05, 3.63) is 40.0 Å². The third-order valence-electron chi connectivity index (χ3n) is 3.78. The number of hydrogen-bond acceptors (Lipinski definition) is 6. The number of nitrogens with zero attached hydrogens (tertiary/aromatic N) is 2. The van der Waals surface area contributed by atoms with Crippen molar-refractivity contribution in [2.45, 2.75) is 19.3 Å². The molecule has 0 radical (unpaired) electrons. The number of nitrogens with two attached hydrogens (primary N) is 1. The highest BCUT2D eigenvalue weighted by Crippen LogP contribution is 2.15. The van der Waals surface area contributed by atoms with E-state index in [1.807, 2.05) is 24.1 Å². The molecule has 10 heteroatoms. The fourth-order valence-corrected chi connectivity index (χ4v) is 3.88. The van der Waals surface area contributed by atoms with Crippen molar-refractivity contribution < 1.29 is 28.0 Å². The van der Waals surface area contributed by atoms with E-state index in [-0.39, 0.29) is 0 Å². The van der Waals surface area contributed by atoms with E-state index in [1.165, 1.54) is 24.6 Å². The Morgan fingerprint density at radius 3 is 2.54 bits per heavy atom.